The van der Waals surface area contributed by atoms with Gasteiger partial charge in [-0.15, -0.1) is 0 Å². The third-order valence-corrected chi connectivity index (χ3v) is 2.67. The number of nitriles is 1. The van der Waals surface area contributed by atoms with E-state index in [2.05, 4.69) is 11.1 Å². The third-order valence-electron chi connectivity index (χ3n) is 2.67. The fourth-order valence-corrected chi connectivity index (χ4v) is 1.73. The molecule has 0 unspecified atom stereocenters. The van der Waals surface area contributed by atoms with Crippen LogP contribution in [-0.4, -0.2) is 6.21 Å². The first-order valence-corrected chi connectivity index (χ1v) is 5.90. The lowest BCUT2D eigenvalue weighted by atomic mass is 10.1. The molecule has 0 aliphatic rings. The lowest BCUT2D eigenvalue weighted by Gasteiger charge is -2.08. The summed E-state index contributed by atoms with van der Waals surface area (Å²) in [4.78, 5) is 4.51. The van der Waals surface area contributed by atoms with Crippen LogP contribution < -0.4 is 0 Å². The number of hydrogen-bond donors (Lipinski definition) is 0. The van der Waals surface area contributed by atoms with Crippen LogP contribution in [0.15, 0.2) is 65.7 Å². The monoisotopic (exact) mass is 234 g/mol. The summed E-state index contributed by atoms with van der Waals surface area (Å²) in [6.45, 7) is 0. The highest BCUT2D eigenvalue weighted by Gasteiger charge is 2.07. The Kier molecular flexibility index (Phi) is 4.27. The van der Waals surface area contributed by atoms with Gasteiger partial charge in [0, 0.05) is 6.21 Å². The third kappa shape index (κ3) is 3.29. The Labute approximate surface area is 107 Å². The lowest BCUT2D eigenvalue weighted by molar-refractivity contribution is 0.755. The molecule has 0 amide bonds. The molecule has 0 saturated heterocycles. The van der Waals surface area contributed by atoms with Gasteiger partial charge in [0.2, 0.25) is 0 Å². The Morgan fingerprint density at radius 2 is 1.61 bits per heavy atom. The van der Waals surface area contributed by atoms with Crippen molar-refractivity contribution in [2.45, 2.75) is 12.5 Å². The summed E-state index contributed by atoms with van der Waals surface area (Å²) in [7, 11) is 0. The Hall–Kier alpha value is -2.40. The van der Waals surface area contributed by atoms with E-state index in [0.29, 0.717) is 6.42 Å². The molecule has 2 aromatic carbocycles. The van der Waals surface area contributed by atoms with Crippen molar-refractivity contribution in [2.75, 3.05) is 0 Å². The zero-order valence-corrected chi connectivity index (χ0v) is 10.0. The van der Waals surface area contributed by atoms with Gasteiger partial charge in [0.1, 0.15) is 0 Å². The van der Waals surface area contributed by atoms with E-state index in [9.17, 15) is 0 Å². The highest BCUT2D eigenvalue weighted by Crippen LogP contribution is 2.20. The van der Waals surface area contributed by atoms with E-state index in [0.717, 1.165) is 11.1 Å². The number of aliphatic imine (C=N–C) groups is 1. The van der Waals surface area contributed by atoms with Crippen LogP contribution in [0.4, 0.5) is 0 Å². The second-order valence-corrected chi connectivity index (χ2v) is 3.98. The molecular weight excluding hydrogens is 220 g/mol. The zero-order chi connectivity index (χ0) is 12.6. The number of benzene rings is 2. The Balaban J connectivity index is 2.18. The molecule has 2 aromatic rings. The molecule has 0 aliphatic heterocycles. The van der Waals surface area contributed by atoms with Gasteiger partial charge in [-0.1, -0.05) is 60.7 Å². The van der Waals surface area contributed by atoms with Crippen molar-refractivity contribution in [1.29, 1.82) is 5.26 Å². The fraction of sp³-hybridized carbons (Fsp3) is 0.125. The van der Waals surface area contributed by atoms with Crippen LogP contribution in [-0.2, 0) is 0 Å². The Morgan fingerprint density at radius 3 is 2.22 bits per heavy atom. The Bertz CT molecular complexity index is 538. The number of hydrogen-bond acceptors (Lipinski definition) is 2. The molecule has 0 aromatic heterocycles. The van der Waals surface area contributed by atoms with Crippen LogP contribution in [0.1, 0.15) is 23.6 Å². The molecule has 18 heavy (non-hydrogen) atoms. The van der Waals surface area contributed by atoms with E-state index >= 15 is 0 Å². The summed E-state index contributed by atoms with van der Waals surface area (Å²) in [5, 5.41) is 8.87. The summed E-state index contributed by atoms with van der Waals surface area (Å²) < 4.78 is 0. The molecule has 0 spiro atoms. The van der Waals surface area contributed by atoms with Crippen molar-refractivity contribution in [3.05, 3.63) is 71.8 Å². The topological polar surface area (TPSA) is 36.1 Å². The molecule has 2 heteroatoms. The Morgan fingerprint density at radius 1 is 1.00 bits per heavy atom. The van der Waals surface area contributed by atoms with Gasteiger partial charge in [-0.2, -0.15) is 5.26 Å². The fourth-order valence-electron chi connectivity index (χ4n) is 1.73. The smallest absolute Gasteiger partial charge is 0.0879 e. The van der Waals surface area contributed by atoms with Crippen LogP contribution in [0.5, 0.6) is 0 Å². The molecule has 0 heterocycles. The summed E-state index contributed by atoms with van der Waals surface area (Å²) in [5.74, 6) is 0. The van der Waals surface area contributed by atoms with E-state index in [-0.39, 0.29) is 6.04 Å². The van der Waals surface area contributed by atoms with Crippen molar-refractivity contribution >= 4 is 6.21 Å². The highest BCUT2D eigenvalue weighted by atomic mass is 14.8. The largest absolute Gasteiger partial charge is 0.283 e. The van der Waals surface area contributed by atoms with Crippen molar-refractivity contribution < 1.29 is 0 Å². The van der Waals surface area contributed by atoms with E-state index in [1.54, 1.807) is 0 Å². The molecule has 0 bridgehead atoms. The normalized spacial score (nSPS) is 12.2. The minimum absolute atomic E-state index is 0.0867. The molecule has 88 valence electrons. The quantitative estimate of drug-likeness (QED) is 0.742. The van der Waals surface area contributed by atoms with Gasteiger partial charge in [0.25, 0.3) is 0 Å². The van der Waals surface area contributed by atoms with E-state index in [1.807, 2.05) is 66.9 Å². The first-order valence-electron chi connectivity index (χ1n) is 5.90. The molecular formula is C16H14N2. The first kappa shape index (κ1) is 12.1. The maximum absolute atomic E-state index is 8.87. The summed E-state index contributed by atoms with van der Waals surface area (Å²) in [5.41, 5.74) is 2.13. The number of rotatable bonds is 4. The molecule has 2 nitrogen and oxygen atoms in total. The van der Waals surface area contributed by atoms with Crippen LogP contribution in [0.25, 0.3) is 0 Å². The van der Waals surface area contributed by atoms with Crippen LogP contribution in [0.3, 0.4) is 0 Å². The lowest BCUT2D eigenvalue weighted by Crippen LogP contribution is -1.95. The highest BCUT2D eigenvalue weighted by molar-refractivity contribution is 5.79. The van der Waals surface area contributed by atoms with Crippen LogP contribution in [0, 0.1) is 11.3 Å². The summed E-state index contributed by atoms with van der Waals surface area (Å²) in [6, 6.07) is 21.9. The molecule has 0 saturated carbocycles. The maximum atomic E-state index is 8.87. The van der Waals surface area contributed by atoms with Crippen LogP contribution >= 0.6 is 0 Å². The minimum atomic E-state index is -0.0867. The summed E-state index contributed by atoms with van der Waals surface area (Å²) in [6.07, 6.45) is 2.22. The molecule has 0 radical (unpaired) electrons. The standard InChI is InChI=1S/C16H14N2/c17-12-11-16(15-9-5-2-6-10-15)18-13-14-7-3-1-4-8-14/h1-10,13,16H,11H2/t16-/m0/s1. The number of nitrogens with zero attached hydrogens (tertiary/aromatic N) is 2. The van der Waals surface area contributed by atoms with Crippen molar-refractivity contribution in [3.63, 3.8) is 0 Å². The van der Waals surface area contributed by atoms with Crippen LogP contribution in [0.2, 0.25) is 0 Å². The maximum Gasteiger partial charge on any atom is 0.0879 e. The molecule has 0 aliphatic carbocycles. The zero-order valence-electron chi connectivity index (χ0n) is 10.0. The van der Waals surface area contributed by atoms with E-state index in [4.69, 9.17) is 5.26 Å². The first-order chi connectivity index (χ1) is 8.90. The van der Waals surface area contributed by atoms with Gasteiger partial charge in [-0.25, -0.2) is 0 Å². The molecule has 0 N–H and O–H groups in total. The summed E-state index contributed by atoms with van der Waals surface area (Å²) >= 11 is 0. The molecule has 0 fully saturated rings. The molecule has 1 atom stereocenters. The van der Waals surface area contributed by atoms with Gasteiger partial charge in [-0.05, 0) is 11.1 Å². The van der Waals surface area contributed by atoms with Crippen molar-refractivity contribution in [3.8, 4) is 6.07 Å². The van der Waals surface area contributed by atoms with E-state index < -0.39 is 0 Å². The van der Waals surface area contributed by atoms with Gasteiger partial charge >= 0.3 is 0 Å². The molecule has 2 rings (SSSR count). The minimum Gasteiger partial charge on any atom is -0.283 e. The van der Waals surface area contributed by atoms with Gasteiger partial charge in [0.05, 0.1) is 18.5 Å². The van der Waals surface area contributed by atoms with Gasteiger partial charge in [0.15, 0.2) is 0 Å². The average Bonchev–Trinajstić information content (AvgIpc) is 2.45. The second kappa shape index (κ2) is 6.36. The second-order valence-electron chi connectivity index (χ2n) is 3.98. The van der Waals surface area contributed by atoms with Gasteiger partial charge < -0.3 is 0 Å². The van der Waals surface area contributed by atoms with Crippen molar-refractivity contribution in [2.24, 2.45) is 4.99 Å². The van der Waals surface area contributed by atoms with E-state index in [1.165, 1.54) is 0 Å². The average molecular weight is 234 g/mol. The SMILES string of the molecule is N#CC[C@H](N=Cc1ccccc1)c1ccccc1. The van der Waals surface area contributed by atoms with Crippen molar-refractivity contribution in [1.82, 2.24) is 0 Å². The van der Waals surface area contributed by atoms with Gasteiger partial charge in [-0.3, -0.25) is 4.99 Å². The predicted octanol–water partition coefficient (Wildman–Crippen LogP) is 3.76. The predicted molar refractivity (Wildman–Crippen MR) is 73.4 cm³/mol.